The molecule has 0 radical (unpaired) electrons. The fourth-order valence-corrected chi connectivity index (χ4v) is 6.80. The Morgan fingerprint density at radius 2 is 1.37 bits per heavy atom. The largest absolute Gasteiger partial charge is 0.465 e. The summed E-state index contributed by atoms with van der Waals surface area (Å²) in [5.41, 5.74) is 11.2. The topological polar surface area (TPSA) is 35.6 Å². The zero-order valence-electron chi connectivity index (χ0n) is 23.6. The van der Waals surface area contributed by atoms with E-state index in [0.29, 0.717) is 11.3 Å². The minimum atomic E-state index is 0.494. The number of furan rings is 2. The van der Waals surface area contributed by atoms with E-state index in [1.54, 1.807) is 0 Å². The third-order valence-electron chi connectivity index (χ3n) is 8.71. The average molecular weight is 553 g/mol. The summed E-state index contributed by atoms with van der Waals surface area (Å²) in [6.45, 7) is 12.4. The van der Waals surface area contributed by atoms with Crippen LogP contribution in [0.1, 0.15) is 11.1 Å². The number of benzene rings is 6. The number of aryl methyl sites for hydroxylation is 2. The first-order valence-corrected chi connectivity index (χ1v) is 14.4. The van der Waals surface area contributed by atoms with Crippen molar-refractivity contribution in [3.63, 3.8) is 0 Å². The van der Waals surface area contributed by atoms with Crippen molar-refractivity contribution in [1.82, 2.24) is 4.57 Å². The summed E-state index contributed by atoms with van der Waals surface area (Å²) in [5, 5.41) is 6.46. The fraction of sp³-hybridized carbons (Fsp3) is 0.0513. The van der Waals surface area contributed by atoms with Crippen molar-refractivity contribution in [2.24, 2.45) is 0 Å². The van der Waals surface area contributed by atoms with E-state index in [-0.39, 0.29) is 0 Å². The van der Waals surface area contributed by atoms with E-state index in [2.05, 4.69) is 96.1 Å². The second-order valence-electron chi connectivity index (χ2n) is 11.4. The highest BCUT2D eigenvalue weighted by Crippen LogP contribution is 2.44. The van der Waals surface area contributed by atoms with Crippen LogP contribution in [-0.2, 0) is 0 Å². The third kappa shape index (κ3) is 3.31. The number of para-hydroxylation sites is 2. The minimum absolute atomic E-state index is 0.494. The molecule has 0 N–H and O–H groups in total. The summed E-state index contributed by atoms with van der Waals surface area (Å²) in [6, 6.07) is 37.9. The second kappa shape index (κ2) is 8.61. The fourth-order valence-electron chi connectivity index (χ4n) is 6.80. The molecule has 0 atom stereocenters. The van der Waals surface area contributed by atoms with Gasteiger partial charge in [0.1, 0.15) is 16.7 Å². The number of fused-ring (bicyclic) bond motifs is 9. The van der Waals surface area contributed by atoms with Crippen molar-refractivity contribution in [2.45, 2.75) is 13.8 Å². The van der Waals surface area contributed by atoms with Crippen LogP contribution in [0, 0.1) is 20.4 Å². The maximum atomic E-state index is 8.12. The second-order valence-corrected chi connectivity index (χ2v) is 11.4. The minimum Gasteiger partial charge on any atom is -0.465 e. The lowest BCUT2D eigenvalue weighted by Gasteiger charge is -2.09. The van der Waals surface area contributed by atoms with Crippen molar-refractivity contribution in [3.05, 3.63) is 132 Å². The van der Waals surface area contributed by atoms with E-state index in [0.717, 1.165) is 66.1 Å². The Kier molecular flexibility index (Phi) is 4.78. The Balaban J connectivity index is 1.36. The summed E-state index contributed by atoms with van der Waals surface area (Å²) in [5.74, 6) is 0. The summed E-state index contributed by atoms with van der Waals surface area (Å²) in [6.07, 6.45) is 0. The molecule has 0 aliphatic rings. The quantitative estimate of drug-likeness (QED) is 0.200. The van der Waals surface area contributed by atoms with Crippen LogP contribution in [0.25, 0.3) is 87.3 Å². The van der Waals surface area contributed by atoms with Gasteiger partial charge in [0.05, 0.1) is 23.3 Å². The lowest BCUT2D eigenvalue weighted by molar-refractivity contribution is 0.668. The number of aromatic nitrogens is 1. The third-order valence-corrected chi connectivity index (χ3v) is 8.71. The monoisotopic (exact) mass is 552 g/mol. The molecule has 6 aromatic carbocycles. The molecule has 43 heavy (non-hydrogen) atoms. The Morgan fingerprint density at radius 1 is 0.581 bits per heavy atom. The highest BCUT2D eigenvalue weighted by Gasteiger charge is 2.21. The van der Waals surface area contributed by atoms with Crippen molar-refractivity contribution >= 4 is 71.4 Å². The van der Waals surface area contributed by atoms with Crippen LogP contribution in [0.15, 0.2) is 118 Å². The summed E-state index contributed by atoms with van der Waals surface area (Å²) in [7, 11) is 0. The Morgan fingerprint density at radius 3 is 2.28 bits per heavy atom. The van der Waals surface area contributed by atoms with Crippen molar-refractivity contribution in [3.8, 4) is 16.8 Å². The van der Waals surface area contributed by atoms with Crippen LogP contribution in [0.4, 0.5) is 5.69 Å². The zero-order valence-corrected chi connectivity index (χ0v) is 23.6. The number of nitrogens with zero attached hydrogens (tertiary/aromatic N) is 2. The van der Waals surface area contributed by atoms with Crippen LogP contribution >= 0.6 is 0 Å². The molecular formula is C39H24N2O2. The van der Waals surface area contributed by atoms with Gasteiger partial charge < -0.3 is 13.4 Å². The van der Waals surface area contributed by atoms with Gasteiger partial charge in [-0.05, 0) is 79.1 Å². The lowest BCUT2D eigenvalue weighted by Crippen LogP contribution is -1.94. The summed E-state index contributed by atoms with van der Waals surface area (Å²) < 4.78 is 15.1. The van der Waals surface area contributed by atoms with Crippen molar-refractivity contribution in [1.29, 1.82) is 0 Å². The Hall–Kier alpha value is -5.79. The molecular weight excluding hydrogens is 528 g/mol. The van der Waals surface area contributed by atoms with Gasteiger partial charge >= 0.3 is 0 Å². The molecule has 0 aliphatic heterocycles. The molecule has 0 aliphatic carbocycles. The van der Waals surface area contributed by atoms with Gasteiger partial charge in [-0.1, -0.05) is 66.2 Å². The number of rotatable bonds is 2. The van der Waals surface area contributed by atoms with E-state index in [1.807, 2.05) is 36.4 Å². The zero-order chi connectivity index (χ0) is 28.8. The molecule has 0 bridgehead atoms. The maximum absolute atomic E-state index is 8.12. The van der Waals surface area contributed by atoms with Gasteiger partial charge in [0, 0.05) is 32.3 Å². The molecule has 3 aromatic heterocycles. The predicted octanol–water partition coefficient (Wildman–Crippen LogP) is 11.4. The predicted molar refractivity (Wildman–Crippen MR) is 177 cm³/mol. The summed E-state index contributed by atoms with van der Waals surface area (Å²) in [4.78, 5) is 3.95. The maximum Gasteiger partial charge on any atom is 0.230 e. The standard InChI is InChI=1S/C39H24N2O2/c1-22-15-17-32-29(18-22)26-16-14-23(2)19-34(26)41(32)33-11-6-10-27-30-20-24(21-31(40-3)38(30)43-39(27)33)25-9-7-13-36-37(25)28-8-4-5-12-35(28)42-36/h4-21H,1-2H3. The average Bonchev–Trinajstić information content (AvgIpc) is 3.69. The highest BCUT2D eigenvalue weighted by molar-refractivity contribution is 6.17. The molecule has 9 rings (SSSR count). The van der Waals surface area contributed by atoms with Crippen LogP contribution < -0.4 is 0 Å². The van der Waals surface area contributed by atoms with Gasteiger partial charge in [-0.2, -0.15) is 0 Å². The van der Waals surface area contributed by atoms with Gasteiger partial charge in [0.2, 0.25) is 5.69 Å². The smallest absolute Gasteiger partial charge is 0.230 e. The van der Waals surface area contributed by atoms with Gasteiger partial charge in [0.15, 0.2) is 5.58 Å². The van der Waals surface area contributed by atoms with Gasteiger partial charge in [-0.3, -0.25) is 0 Å². The normalized spacial score (nSPS) is 11.9. The summed E-state index contributed by atoms with van der Waals surface area (Å²) >= 11 is 0. The molecule has 0 fully saturated rings. The molecule has 4 nitrogen and oxygen atoms in total. The number of hydrogen-bond acceptors (Lipinski definition) is 2. The van der Waals surface area contributed by atoms with Crippen LogP contribution in [0.5, 0.6) is 0 Å². The van der Waals surface area contributed by atoms with Crippen LogP contribution in [-0.4, -0.2) is 4.57 Å². The molecule has 0 amide bonds. The molecule has 0 saturated heterocycles. The van der Waals surface area contributed by atoms with Crippen LogP contribution in [0.3, 0.4) is 0 Å². The lowest BCUT2D eigenvalue weighted by atomic mass is 9.97. The van der Waals surface area contributed by atoms with Gasteiger partial charge in [0.25, 0.3) is 0 Å². The van der Waals surface area contributed by atoms with Crippen molar-refractivity contribution in [2.75, 3.05) is 0 Å². The first kappa shape index (κ1) is 23.9. The first-order valence-electron chi connectivity index (χ1n) is 14.4. The molecule has 4 heteroatoms. The molecule has 0 spiro atoms. The van der Waals surface area contributed by atoms with Crippen LogP contribution in [0.2, 0.25) is 0 Å². The SMILES string of the molecule is [C-]#[N+]c1cc(-c2cccc3oc4ccccc4c23)cc2c1oc1c(-n3c4ccc(C)cc4c4ccc(C)cc43)cccc12. The van der Waals surface area contributed by atoms with Gasteiger partial charge in [-0.25, -0.2) is 4.85 Å². The molecule has 202 valence electrons. The molecule has 0 saturated carbocycles. The molecule has 3 heterocycles. The van der Waals surface area contributed by atoms with E-state index >= 15 is 0 Å². The number of hydrogen-bond donors (Lipinski definition) is 0. The van der Waals surface area contributed by atoms with E-state index in [4.69, 9.17) is 15.4 Å². The van der Waals surface area contributed by atoms with E-state index in [1.165, 1.54) is 21.9 Å². The highest BCUT2D eigenvalue weighted by atomic mass is 16.3. The Bertz CT molecular complexity index is 2660. The Labute approximate surface area is 246 Å². The molecule has 9 aromatic rings. The van der Waals surface area contributed by atoms with Gasteiger partial charge in [-0.15, -0.1) is 0 Å². The first-order chi connectivity index (χ1) is 21.1. The van der Waals surface area contributed by atoms with E-state index < -0.39 is 0 Å². The van der Waals surface area contributed by atoms with E-state index in [9.17, 15) is 0 Å². The molecule has 0 unspecified atom stereocenters. The van der Waals surface area contributed by atoms with Crippen molar-refractivity contribution < 1.29 is 8.83 Å².